The van der Waals surface area contributed by atoms with Crippen LogP contribution in [0.15, 0.2) is 23.0 Å². The SMILES string of the molecule is Cc1ncsc1CCOCC(O)CNCc1cccs1. The Balaban J connectivity index is 1.52. The number of hydrogen-bond donors (Lipinski definition) is 2. The zero-order chi connectivity index (χ0) is 14.2. The number of hydrogen-bond acceptors (Lipinski definition) is 6. The van der Waals surface area contributed by atoms with Gasteiger partial charge in [0.05, 0.1) is 30.5 Å². The maximum atomic E-state index is 9.80. The molecule has 110 valence electrons. The van der Waals surface area contributed by atoms with E-state index in [1.54, 1.807) is 22.7 Å². The number of aryl methyl sites for hydroxylation is 1. The molecule has 0 saturated carbocycles. The zero-order valence-corrected chi connectivity index (χ0v) is 13.2. The number of aromatic nitrogens is 1. The third-order valence-corrected chi connectivity index (χ3v) is 4.76. The zero-order valence-electron chi connectivity index (χ0n) is 11.5. The highest BCUT2D eigenvalue weighted by atomic mass is 32.1. The Morgan fingerprint density at radius 3 is 3.05 bits per heavy atom. The molecule has 0 aliphatic rings. The van der Waals surface area contributed by atoms with Crippen molar-refractivity contribution in [2.45, 2.75) is 26.0 Å². The average Bonchev–Trinajstić information content (AvgIpc) is 3.07. The van der Waals surface area contributed by atoms with Crippen LogP contribution in [0.25, 0.3) is 0 Å². The Bertz CT molecular complexity index is 485. The van der Waals surface area contributed by atoms with Gasteiger partial charge in [0, 0.05) is 29.3 Å². The molecule has 6 heteroatoms. The number of rotatable bonds is 9. The number of ether oxygens (including phenoxy) is 1. The summed E-state index contributed by atoms with van der Waals surface area (Å²) in [5, 5.41) is 15.1. The maximum Gasteiger partial charge on any atom is 0.0897 e. The molecule has 0 spiro atoms. The topological polar surface area (TPSA) is 54.4 Å². The molecule has 0 amide bonds. The van der Waals surface area contributed by atoms with Crippen molar-refractivity contribution < 1.29 is 9.84 Å². The molecular formula is C14H20N2O2S2. The second kappa shape index (κ2) is 8.49. The Labute approximate surface area is 127 Å². The minimum atomic E-state index is -0.461. The first kappa shape index (κ1) is 15.6. The number of nitrogens with zero attached hydrogens (tertiary/aromatic N) is 1. The lowest BCUT2D eigenvalue weighted by atomic mass is 10.3. The molecule has 20 heavy (non-hydrogen) atoms. The van der Waals surface area contributed by atoms with E-state index >= 15 is 0 Å². The number of thiazole rings is 1. The van der Waals surface area contributed by atoms with Gasteiger partial charge in [0.15, 0.2) is 0 Å². The standard InChI is InChI=1S/C14H20N2O2S2/c1-11-14(20-10-16-11)4-5-18-9-12(17)7-15-8-13-3-2-6-19-13/h2-3,6,10,12,15,17H,4-5,7-9H2,1H3. The fraction of sp³-hybridized carbons (Fsp3) is 0.500. The fourth-order valence-corrected chi connectivity index (χ4v) is 3.22. The smallest absolute Gasteiger partial charge is 0.0897 e. The predicted octanol–water partition coefficient (Wildman–Crippen LogP) is 2.22. The van der Waals surface area contributed by atoms with Crippen LogP contribution in [-0.4, -0.2) is 36.0 Å². The van der Waals surface area contributed by atoms with Gasteiger partial charge in [-0.25, -0.2) is 4.98 Å². The van der Waals surface area contributed by atoms with Crippen molar-refractivity contribution in [3.63, 3.8) is 0 Å². The van der Waals surface area contributed by atoms with Crippen LogP contribution < -0.4 is 5.32 Å². The van der Waals surface area contributed by atoms with Gasteiger partial charge in [-0.3, -0.25) is 0 Å². The van der Waals surface area contributed by atoms with Gasteiger partial charge >= 0.3 is 0 Å². The predicted molar refractivity (Wildman–Crippen MR) is 83.4 cm³/mol. The van der Waals surface area contributed by atoms with Crippen LogP contribution in [0.4, 0.5) is 0 Å². The Kier molecular flexibility index (Phi) is 6.62. The fourth-order valence-electron chi connectivity index (χ4n) is 1.78. The van der Waals surface area contributed by atoms with Crippen molar-refractivity contribution in [3.8, 4) is 0 Å². The molecule has 0 aliphatic carbocycles. The molecule has 2 aromatic heterocycles. The number of aliphatic hydroxyl groups is 1. The minimum absolute atomic E-state index is 0.370. The molecule has 0 aliphatic heterocycles. The van der Waals surface area contributed by atoms with Gasteiger partial charge in [0.2, 0.25) is 0 Å². The largest absolute Gasteiger partial charge is 0.389 e. The van der Waals surface area contributed by atoms with E-state index in [4.69, 9.17) is 4.74 Å². The highest BCUT2D eigenvalue weighted by Gasteiger charge is 2.05. The highest BCUT2D eigenvalue weighted by Crippen LogP contribution is 2.12. The Hall–Kier alpha value is -0.790. The van der Waals surface area contributed by atoms with Gasteiger partial charge in [-0.2, -0.15) is 0 Å². The summed E-state index contributed by atoms with van der Waals surface area (Å²) in [7, 11) is 0. The molecule has 2 aromatic rings. The molecule has 2 N–H and O–H groups in total. The highest BCUT2D eigenvalue weighted by molar-refractivity contribution is 7.10. The number of thiophene rings is 1. The van der Waals surface area contributed by atoms with Crippen molar-refractivity contribution in [3.05, 3.63) is 38.5 Å². The van der Waals surface area contributed by atoms with Crippen LogP contribution in [0.3, 0.4) is 0 Å². The van der Waals surface area contributed by atoms with Gasteiger partial charge in [-0.15, -0.1) is 22.7 Å². The third-order valence-electron chi connectivity index (χ3n) is 2.89. The van der Waals surface area contributed by atoms with Gasteiger partial charge in [-0.1, -0.05) is 6.07 Å². The van der Waals surface area contributed by atoms with Gasteiger partial charge in [-0.05, 0) is 18.4 Å². The van der Waals surface area contributed by atoms with E-state index in [0.717, 1.165) is 18.7 Å². The Morgan fingerprint density at radius 2 is 2.35 bits per heavy atom. The summed E-state index contributed by atoms with van der Waals surface area (Å²) in [5.41, 5.74) is 2.94. The van der Waals surface area contributed by atoms with E-state index in [2.05, 4.69) is 21.7 Å². The molecule has 0 bridgehead atoms. The van der Waals surface area contributed by atoms with Gasteiger partial charge < -0.3 is 15.2 Å². The molecule has 0 aromatic carbocycles. The first-order chi connectivity index (χ1) is 9.75. The Morgan fingerprint density at radius 1 is 1.45 bits per heavy atom. The molecule has 2 rings (SSSR count). The number of nitrogens with one attached hydrogen (secondary N) is 1. The van der Waals surface area contributed by atoms with Crippen molar-refractivity contribution in [2.75, 3.05) is 19.8 Å². The first-order valence-electron chi connectivity index (χ1n) is 6.63. The molecule has 0 saturated heterocycles. The van der Waals surface area contributed by atoms with E-state index in [0.29, 0.717) is 19.8 Å². The van der Waals surface area contributed by atoms with Crippen molar-refractivity contribution in [1.82, 2.24) is 10.3 Å². The summed E-state index contributed by atoms with van der Waals surface area (Å²) < 4.78 is 5.50. The quantitative estimate of drug-likeness (QED) is 0.697. The van der Waals surface area contributed by atoms with Crippen LogP contribution in [-0.2, 0) is 17.7 Å². The van der Waals surface area contributed by atoms with Crippen LogP contribution in [0.2, 0.25) is 0 Å². The normalized spacial score (nSPS) is 12.7. The van der Waals surface area contributed by atoms with Crippen LogP contribution in [0.1, 0.15) is 15.4 Å². The minimum Gasteiger partial charge on any atom is -0.389 e. The van der Waals surface area contributed by atoms with E-state index in [1.807, 2.05) is 18.5 Å². The van der Waals surface area contributed by atoms with E-state index in [-0.39, 0.29) is 0 Å². The molecule has 0 fully saturated rings. The van der Waals surface area contributed by atoms with Crippen LogP contribution in [0.5, 0.6) is 0 Å². The summed E-state index contributed by atoms with van der Waals surface area (Å²) in [6.07, 6.45) is 0.406. The second-order valence-electron chi connectivity index (χ2n) is 4.55. The summed E-state index contributed by atoms with van der Waals surface area (Å²) in [6, 6.07) is 4.11. The molecule has 2 heterocycles. The maximum absolute atomic E-state index is 9.80. The summed E-state index contributed by atoms with van der Waals surface area (Å²) in [4.78, 5) is 6.74. The van der Waals surface area contributed by atoms with Gasteiger partial charge in [0.1, 0.15) is 0 Å². The van der Waals surface area contributed by atoms with Gasteiger partial charge in [0.25, 0.3) is 0 Å². The molecule has 1 unspecified atom stereocenters. The lowest BCUT2D eigenvalue weighted by molar-refractivity contribution is 0.0384. The number of aliphatic hydroxyl groups excluding tert-OH is 1. The van der Waals surface area contributed by atoms with E-state index in [1.165, 1.54) is 9.75 Å². The summed E-state index contributed by atoms with van der Waals surface area (Å²) in [5.74, 6) is 0. The monoisotopic (exact) mass is 312 g/mol. The molecule has 1 atom stereocenters. The van der Waals surface area contributed by atoms with Crippen molar-refractivity contribution >= 4 is 22.7 Å². The summed E-state index contributed by atoms with van der Waals surface area (Å²) in [6.45, 7) is 4.36. The van der Waals surface area contributed by atoms with E-state index < -0.39 is 6.10 Å². The summed E-state index contributed by atoms with van der Waals surface area (Å²) >= 11 is 3.37. The lowest BCUT2D eigenvalue weighted by Crippen LogP contribution is -2.30. The van der Waals surface area contributed by atoms with Crippen LogP contribution in [0, 0.1) is 6.92 Å². The molecular weight excluding hydrogens is 292 g/mol. The average molecular weight is 312 g/mol. The van der Waals surface area contributed by atoms with E-state index in [9.17, 15) is 5.11 Å². The molecule has 0 radical (unpaired) electrons. The first-order valence-corrected chi connectivity index (χ1v) is 8.39. The van der Waals surface area contributed by atoms with Crippen molar-refractivity contribution in [2.24, 2.45) is 0 Å². The van der Waals surface area contributed by atoms with Crippen LogP contribution >= 0.6 is 22.7 Å². The third kappa shape index (κ3) is 5.30. The van der Waals surface area contributed by atoms with Crippen molar-refractivity contribution in [1.29, 1.82) is 0 Å². The molecule has 4 nitrogen and oxygen atoms in total. The lowest BCUT2D eigenvalue weighted by Gasteiger charge is -2.11. The second-order valence-corrected chi connectivity index (χ2v) is 6.52.